The van der Waals surface area contributed by atoms with Crippen molar-refractivity contribution in [2.24, 2.45) is 23.7 Å². The Balaban J connectivity index is 1.55. The van der Waals surface area contributed by atoms with Gasteiger partial charge < -0.3 is 0 Å². The Bertz CT molecular complexity index is 1180. The molecule has 5 rings (SSSR count). The maximum atomic E-state index is 13.6. The van der Waals surface area contributed by atoms with E-state index in [4.69, 9.17) is 0 Å². The van der Waals surface area contributed by atoms with E-state index in [9.17, 15) is 18.0 Å². The lowest BCUT2D eigenvalue weighted by atomic mass is 9.85. The summed E-state index contributed by atoms with van der Waals surface area (Å²) in [5, 5.41) is 0. The number of anilines is 2. The standard InChI is InChI=1S/C24H24N2O4S/c1-3-25(18-7-5-4-6-8-18)31(29,30)20-14-19(12-9-15(20)2)26-23(27)21-16-10-11-17(13-16)22(21)24(26)28/h4-12,14,16-17,21-22H,3,13H2,1-2H3. The maximum absolute atomic E-state index is 13.6. The van der Waals surface area contributed by atoms with Gasteiger partial charge >= 0.3 is 0 Å². The minimum atomic E-state index is -3.88. The lowest BCUT2D eigenvalue weighted by molar-refractivity contribution is -0.123. The summed E-state index contributed by atoms with van der Waals surface area (Å²) in [5.74, 6) is -0.845. The van der Waals surface area contributed by atoms with Gasteiger partial charge in [0.1, 0.15) is 0 Å². The Hall–Kier alpha value is -2.93. The Morgan fingerprint density at radius 2 is 1.58 bits per heavy atom. The second-order valence-electron chi connectivity index (χ2n) is 8.47. The molecule has 3 aliphatic rings. The molecule has 1 saturated carbocycles. The number of carbonyl (C=O) groups excluding carboxylic acids is 2. The van der Waals surface area contributed by atoms with Crippen LogP contribution < -0.4 is 9.21 Å². The van der Waals surface area contributed by atoms with Crippen molar-refractivity contribution in [3.8, 4) is 0 Å². The summed E-state index contributed by atoms with van der Waals surface area (Å²) >= 11 is 0. The van der Waals surface area contributed by atoms with Crippen LogP contribution in [0.25, 0.3) is 0 Å². The number of imide groups is 1. The highest BCUT2D eigenvalue weighted by atomic mass is 32.2. The van der Waals surface area contributed by atoms with Crippen molar-refractivity contribution in [3.63, 3.8) is 0 Å². The average molecular weight is 437 g/mol. The second kappa shape index (κ2) is 7.05. The molecule has 0 radical (unpaired) electrons. The minimum Gasteiger partial charge on any atom is -0.274 e. The quantitative estimate of drug-likeness (QED) is 0.531. The molecule has 31 heavy (non-hydrogen) atoms. The monoisotopic (exact) mass is 436 g/mol. The molecular weight excluding hydrogens is 412 g/mol. The Kier molecular flexibility index (Phi) is 4.55. The number of benzene rings is 2. The first-order chi connectivity index (χ1) is 14.8. The number of carbonyl (C=O) groups is 2. The predicted octanol–water partition coefficient (Wildman–Crippen LogP) is 3.52. The summed E-state index contributed by atoms with van der Waals surface area (Å²) in [4.78, 5) is 27.6. The normalized spacial score (nSPS) is 26.6. The van der Waals surface area contributed by atoms with Crippen molar-refractivity contribution in [3.05, 3.63) is 66.2 Å². The minimum absolute atomic E-state index is 0.106. The number of nitrogens with zero attached hydrogens (tertiary/aromatic N) is 2. The van der Waals surface area contributed by atoms with Gasteiger partial charge in [-0.25, -0.2) is 13.3 Å². The van der Waals surface area contributed by atoms with Gasteiger partial charge in [0.2, 0.25) is 11.8 Å². The topological polar surface area (TPSA) is 74.8 Å². The molecule has 1 heterocycles. The number of allylic oxidation sites excluding steroid dienone is 2. The molecule has 7 heteroatoms. The first-order valence-electron chi connectivity index (χ1n) is 10.6. The molecule has 2 aromatic carbocycles. The van der Waals surface area contributed by atoms with E-state index >= 15 is 0 Å². The second-order valence-corrected chi connectivity index (χ2v) is 10.3. The molecule has 2 fully saturated rings. The number of sulfonamides is 1. The molecule has 2 aromatic rings. The number of hydrogen-bond acceptors (Lipinski definition) is 4. The van der Waals surface area contributed by atoms with E-state index in [1.807, 2.05) is 18.2 Å². The van der Waals surface area contributed by atoms with Gasteiger partial charge in [-0.1, -0.05) is 36.4 Å². The molecule has 2 bridgehead atoms. The smallest absolute Gasteiger partial charge is 0.264 e. The Morgan fingerprint density at radius 1 is 0.968 bits per heavy atom. The number of amides is 2. The summed E-state index contributed by atoms with van der Waals surface area (Å²) in [6.07, 6.45) is 4.95. The number of aryl methyl sites for hydroxylation is 1. The first kappa shape index (κ1) is 20.0. The van der Waals surface area contributed by atoms with Crippen LogP contribution in [0.15, 0.2) is 65.6 Å². The molecule has 1 aliphatic heterocycles. The summed E-state index contributed by atoms with van der Waals surface area (Å²) in [7, 11) is -3.88. The highest BCUT2D eigenvalue weighted by molar-refractivity contribution is 7.92. The third kappa shape index (κ3) is 2.86. The van der Waals surface area contributed by atoms with Crippen molar-refractivity contribution in [2.45, 2.75) is 25.2 Å². The van der Waals surface area contributed by atoms with Crippen LogP contribution in [0.2, 0.25) is 0 Å². The van der Waals surface area contributed by atoms with Gasteiger partial charge in [0.15, 0.2) is 0 Å². The number of rotatable bonds is 5. The molecule has 6 nitrogen and oxygen atoms in total. The Morgan fingerprint density at radius 3 is 2.16 bits per heavy atom. The fourth-order valence-corrected chi connectivity index (χ4v) is 7.09. The van der Waals surface area contributed by atoms with Gasteiger partial charge in [-0.05, 0) is 61.9 Å². The lowest BCUT2D eigenvalue weighted by Crippen LogP contribution is -2.34. The zero-order chi connectivity index (χ0) is 21.9. The fraction of sp³-hybridized carbons (Fsp3) is 0.333. The van der Waals surface area contributed by atoms with Crippen molar-refractivity contribution in [1.29, 1.82) is 0 Å². The molecule has 160 valence electrons. The average Bonchev–Trinajstić information content (AvgIpc) is 3.43. The molecule has 2 aliphatic carbocycles. The van der Waals surface area contributed by atoms with Crippen molar-refractivity contribution < 1.29 is 18.0 Å². The van der Waals surface area contributed by atoms with Crippen LogP contribution in [0.5, 0.6) is 0 Å². The van der Waals surface area contributed by atoms with E-state index in [0.29, 0.717) is 16.9 Å². The van der Waals surface area contributed by atoms with Crippen molar-refractivity contribution >= 4 is 33.2 Å². The predicted molar refractivity (Wildman–Crippen MR) is 118 cm³/mol. The van der Waals surface area contributed by atoms with Crippen LogP contribution in [0.4, 0.5) is 11.4 Å². The van der Waals surface area contributed by atoms with E-state index in [2.05, 4.69) is 0 Å². The van der Waals surface area contributed by atoms with E-state index in [1.54, 1.807) is 50.2 Å². The zero-order valence-electron chi connectivity index (χ0n) is 17.4. The van der Waals surface area contributed by atoms with Gasteiger partial charge in [-0.15, -0.1) is 0 Å². The van der Waals surface area contributed by atoms with Crippen LogP contribution in [0, 0.1) is 30.6 Å². The molecule has 4 atom stereocenters. The maximum Gasteiger partial charge on any atom is 0.264 e. The third-order valence-electron chi connectivity index (χ3n) is 6.80. The van der Waals surface area contributed by atoms with E-state index in [-0.39, 0.29) is 46.9 Å². The molecule has 1 saturated heterocycles. The molecule has 2 amide bonds. The summed E-state index contributed by atoms with van der Waals surface area (Å²) < 4.78 is 28.4. The van der Waals surface area contributed by atoms with Gasteiger partial charge in [0, 0.05) is 6.54 Å². The van der Waals surface area contributed by atoms with E-state index in [0.717, 1.165) is 6.42 Å². The number of hydrogen-bond donors (Lipinski definition) is 0. The van der Waals surface area contributed by atoms with Crippen LogP contribution in [-0.4, -0.2) is 26.8 Å². The molecule has 0 aromatic heterocycles. The molecule has 0 N–H and O–H groups in total. The zero-order valence-corrected chi connectivity index (χ0v) is 18.2. The number of para-hydroxylation sites is 1. The molecule has 4 unspecified atom stereocenters. The van der Waals surface area contributed by atoms with Gasteiger partial charge in [0.05, 0.1) is 28.1 Å². The highest BCUT2D eigenvalue weighted by Gasteiger charge is 2.59. The summed E-state index contributed by atoms with van der Waals surface area (Å²) in [6.45, 7) is 3.76. The summed E-state index contributed by atoms with van der Waals surface area (Å²) in [6, 6.07) is 13.7. The summed E-state index contributed by atoms with van der Waals surface area (Å²) in [5.41, 5.74) is 1.47. The molecular formula is C24H24N2O4S. The Labute approximate surface area is 182 Å². The van der Waals surface area contributed by atoms with Gasteiger partial charge in [-0.3, -0.25) is 13.9 Å². The van der Waals surface area contributed by atoms with Crippen LogP contribution in [0.3, 0.4) is 0 Å². The van der Waals surface area contributed by atoms with Crippen LogP contribution >= 0.6 is 0 Å². The van der Waals surface area contributed by atoms with Crippen molar-refractivity contribution in [1.82, 2.24) is 0 Å². The highest BCUT2D eigenvalue weighted by Crippen LogP contribution is 2.53. The lowest BCUT2D eigenvalue weighted by Gasteiger charge is -2.25. The fourth-order valence-electron chi connectivity index (χ4n) is 5.37. The van der Waals surface area contributed by atoms with Gasteiger partial charge in [0.25, 0.3) is 10.0 Å². The van der Waals surface area contributed by atoms with Crippen LogP contribution in [-0.2, 0) is 19.6 Å². The first-order valence-corrected chi connectivity index (χ1v) is 12.0. The van der Waals surface area contributed by atoms with Crippen LogP contribution in [0.1, 0.15) is 18.9 Å². The van der Waals surface area contributed by atoms with Crippen molar-refractivity contribution in [2.75, 3.05) is 15.7 Å². The molecule has 0 spiro atoms. The third-order valence-corrected chi connectivity index (χ3v) is 8.84. The van der Waals surface area contributed by atoms with Gasteiger partial charge in [-0.2, -0.15) is 0 Å². The number of fused-ring (bicyclic) bond motifs is 5. The SMILES string of the molecule is CCN(c1ccccc1)S(=O)(=O)c1cc(N2C(=O)C3C4C=CC(C4)C3C2=O)ccc1C. The largest absolute Gasteiger partial charge is 0.274 e. The van der Waals surface area contributed by atoms with E-state index in [1.165, 1.54) is 15.3 Å². The van der Waals surface area contributed by atoms with E-state index < -0.39 is 10.0 Å².